The van der Waals surface area contributed by atoms with Crippen LogP contribution in [0.1, 0.15) is 25.7 Å². The molecule has 2 nitrogen and oxygen atoms in total. The first kappa shape index (κ1) is 8.27. The molecule has 2 atom stereocenters. The molecule has 0 aromatic rings. The number of hydrogen-bond donors (Lipinski definition) is 0. The van der Waals surface area contributed by atoms with E-state index in [9.17, 15) is 0 Å². The molecule has 0 N–H and O–H groups in total. The monoisotopic (exact) mass is 168 g/mol. The van der Waals surface area contributed by atoms with Gasteiger partial charge in [-0.2, -0.15) is 0 Å². The van der Waals surface area contributed by atoms with E-state index in [1.807, 2.05) is 6.08 Å². The van der Waals surface area contributed by atoms with Gasteiger partial charge in [0.05, 0.1) is 18.3 Å². The Balaban J connectivity index is 1.93. The quantitative estimate of drug-likeness (QED) is 0.472. The highest BCUT2D eigenvalue weighted by Crippen LogP contribution is 2.36. The zero-order chi connectivity index (χ0) is 8.44. The predicted molar refractivity (Wildman–Crippen MR) is 47.1 cm³/mol. The molecule has 2 rings (SSSR count). The van der Waals surface area contributed by atoms with Crippen molar-refractivity contribution in [2.75, 3.05) is 13.2 Å². The van der Waals surface area contributed by atoms with E-state index < -0.39 is 0 Å². The minimum Gasteiger partial charge on any atom is -0.375 e. The van der Waals surface area contributed by atoms with Crippen molar-refractivity contribution in [3.05, 3.63) is 12.7 Å². The maximum absolute atomic E-state index is 5.78. The smallest absolute Gasteiger partial charge is 0.0837 e. The van der Waals surface area contributed by atoms with Gasteiger partial charge in [-0.1, -0.05) is 6.08 Å². The van der Waals surface area contributed by atoms with Gasteiger partial charge in [0.15, 0.2) is 0 Å². The Kier molecular flexibility index (Phi) is 2.20. The standard InChI is InChI=1S/C10H16O2/c1-2-4-10(5-3-6-12-10)7-9-8-11-9/h2,9H,1,3-8H2. The van der Waals surface area contributed by atoms with Crippen LogP contribution < -0.4 is 0 Å². The Morgan fingerprint density at radius 2 is 2.42 bits per heavy atom. The highest BCUT2D eigenvalue weighted by Gasteiger charge is 2.40. The van der Waals surface area contributed by atoms with Gasteiger partial charge < -0.3 is 9.47 Å². The van der Waals surface area contributed by atoms with E-state index in [-0.39, 0.29) is 5.60 Å². The largest absolute Gasteiger partial charge is 0.375 e. The minimum absolute atomic E-state index is 0.0862. The van der Waals surface area contributed by atoms with Crippen molar-refractivity contribution in [2.24, 2.45) is 0 Å². The summed E-state index contributed by atoms with van der Waals surface area (Å²) in [5.41, 5.74) is 0.0862. The molecule has 2 unspecified atom stereocenters. The molecule has 0 radical (unpaired) electrons. The molecular formula is C10H16O2. The van der Waals surface area contributed by atoms with Crippen molar-refractivity contribution in [2.45, 2.75) is 37.4 Å². The first-order valence-electron chi connectivity index (χ1n) is 4.71. The highest BCUT2D eigenvalue weighted by molar-refractivity contribution is 4.95. The summed E-state index contributed by atoms with van der Waals surface area (Å²) in [6.07, 6.45) is 6.86. The fraction of sp³-hybridized carbons (Fsp3) is 0.800. The second-order valence-corrected chi connectivity index (χ2v) is 3.79. The third-order valence-corrected chi connectivity index (χ3v) is 2.70. The van der Waals surface area contributed by atoms with E-state index in [2.05, 4.69) is 6.58 Å². The molecule has 2 aliphatic rings. The van der Waals surface area contributed by atoms with Crippen molar-refractivity contribution in [1.29, 1.82) is 0 Å². The third-order valence-electron chi connectivity index (χ3n) is 2.70. The van der Waals surface area contributed by atoms with Gasteiger partial charge in [-0.15, -0.1) is 6.58 Å². The molecular weight excluding hydrogens is 152 g/mol. The Hall–Kier alpha value is -0.340. The van der Waals surface area contributed by atoms with Crippen molar-refractivity contribution in [3.8, 4) is 0 Å². The summed E-state index contributed by atoms with van der Waals surface area (Å²) in [6, 6.07) is 0. The van der Waals surface area contributed by atoms with Crippen molar-refractivity contribution in [1.82, 2.24) is 0 Å². The summed E-state index contributed by atoms with van der Waals surface area (Å²) in [4.78, 5) is 0. The summed E-state index contributed by atoms with van der Waals surface area (Å²) in [5, 5.41) is 0. The molecule has 0 bridgehead atoms. The van der Waals surface area contributed by atoms with Crippen LogP contribution in [0.4, 0.5) is 0 Å². The van der Waals surface area contributed by atoms with E-state index in [1.165, 1.54) is 12.8 Å². The number of epoxide rings is 1. The van der Waals surface area contributed by atoms with Gasteiger partial charge in [-0.3, -0.25) is 0 Å². The second-order valence-electron chi connectivity index (χ2n) is 3.79. The van der Waals surface area contributed by atoms with Crippen LogP contribution in [0.3, 0.4) is 0 Å². The molecule has 0 amide bonds. The molecule has 12 heavy (non-hydrogen) atoms. The average Bonchev–Trinajstić information content (AvgIpc) is 2.72. The molecule has 2 aliphatic heterocycles. The zero-order valence-corrected chi connectivity index (χ0v) is 7.42. The number of ether oxygens (including phenoxy) is 2. The third kappa shape index (κ3) is 1.70. The van der Waals surface area contributed by atoms with E-state index in [1.54, 1.807) is 0 Å². The number of hydrogen-bond acceptors (Lipinski definition) is 2. The van der Waals surface area contributed by atoms with Crippen LogP contribution >= 0.6 is 0 Å². The van der Waals surface area contributed by atoms with Crippen molar-refractivity contribution in [3.63, 3.8) is 0 Å². The van der Waals surface area contributed by atoms with Gasteiger partial charge in [0.1, 0.15) is 0 Å². The Morgan fingerprint density at radius 1 is 1.58 bits per heavy atom. The lowest BCUT2D eigenvalue weighted by molar-refractivity contribution is -0.00552. The molecule has 2 saturated heterocycles. The molecule has 0 aromatic heterocycles. The van der Waals surface area contributed by atoms with Crippen LogP contribution in [-0.4, -0.2) is 24.9 Å². The van der Waals surface area contributed by atoms with Crippen LogP contribution in [0.25, 0.3) is 0 Å². The van der Waals surface area contributed by atoms with E-state index in [0.717, 1.165) is 26.1 Å². The Labute approximate surface area is 73.5 Å². The van der Waals surface area contributed by atoms with Crippen LogP contribution in [0.15, 0.2) is 12.7 Å². The van der Waals surface area contributed by atoms with Crippen LogP contribution in [0.2, 0.25) is 0 Å². The molecule has 2 fully saturated rings. The number of rotatable bonds is 4. The Bertz CT molecular complexity index is 167. The summed E-state index contributed by atoms with van der Waals surface area (Å²) >= 11 is 0. The molecule has 0 aliphatic carbocycles. The van der Waals surface area contributed by atoms with E-state index in [0.29, 0.717) is 6.10 Å². The minimum atomic E-state index is 0.0862. The molecule has 0 spiro atoms. The van der Waals surface area contributed by atoms with Crippen LogP contribution in [0, 0.1) is 0 Å². The average molecular weight is 168 g/mol. The summed E-state index contributed by atoms with van der Waals surface area (Å²) in [7, 11) is 0. The summed E-state index contributed by atoms with van der Waals surface area (Å²) in [5.74, 6) is 0. The second kappa shape index (κ2) is 3.19. The van der Waals surface area contributed by atoms with Crippen molar-refractivity contribution >= 4 is 0 Å². The predicted octanol–water partition coefficient (Wildman–Crippen LogP) is 1.90. The first-order chi connectivity index (χ1) is 5.85. The molecule has 2 heteroatoms. The fourth-order valence-electron chi connectivity index (χ4n) is 2.02. The highest BCUT2D eigenvalue weighted by atomic mass is 16.6. The molecule has 0 saturated carbocycles. The normalized spacial score (nSPS) is 39.8. The lowest BCUT2D eigenvalue weighted by Crippen LogP contribution is -2.28. The van der Waals surface area contributed by atoms with Crippen LogP contribution in [0.5, 0.6) is 0 Å². The summed E-state index contributed by atoms with van der Waals surface area (Å²) < 4.78 is 11.0. The molecule has 68 valence electrons. The summed E-state index contributed by atoms with van der Waals surface area (Å²) in [6.45, 7) is 5.63. The maximum Gasteiger partial charge on any atom is 0.0837 e. The molecule has 2 heterocycles. The topological polar surface area (TPSA) is 21.8 Å². The van der Waals surface area contributed by atoms with Gasteiger partial charge in [0.2, 0.25) is 0 Å². The fourth-order valence-corrected chi connectivity index (χ4v) is 2.02. The van der Waals surface area contributed by atoms with E-state index in [4.69, 9.17) is 9.47 Å². The van der Waals surface area contributed by atoms with Gasteiger partial charge in [0.25, 0.3) is 0 Å². The Morgan fingerprint density at radius 3 is 2.92 bits per heavy atom. The van der Waals surface area contributed by atoms with Crippen molar-refractivity contribution < 1.29 is 9.47 Å². The van der Waals surface area contributed by atoms with E-state index >= 15 is 0 Å². The van der Waals surface area contributed by atoms with Gasteiger partial charge >= 0.3 is 0 Å². The lowest BCUT2D eigenvalue weighted by atomic mass is 9.91. The van der Waals surface area contributed by atoms with Gasteiger partial charge in [-0.05, 0) is 19.3 Å². The van der Waals surface area contributed by atoms with Gasteiger partial charge in [0, 0.05) is 13.0 Å². The maximum atomic E-state index is 5.78. The first-order valence-corrected chi connectivity index (χ1v) is 4.71. The lowest BCUT2D eigenvalue weighted by Gasteiger charge is -2.26. The SMILES string of the molecule is C=CCC1(CC2CO2)CCCO1. The molecule has 0 aromatic carbocycles. The van der Waals surface area contributed by atoms with Crippen LogP contribution in [-0.2, 0) is 9.47 Å². The zero-order valence-electron chi connectivity index (χ0n) is 7.42. The van der Waals surface area contributed by atoms with Gasteiger partial charge in [-0.25, -0.2) is 0 Å².